The Balaban J connectivity index is 3.80. The van der Waals surface area contributed by atoms with E-state index < -0.39 is 11.9 Å². The third kappa shape index (κ3) is 10.7. The highest BCUT2D eigenvalue weighted by Crippen LogP contribution is 1.90. The van der Waals surface area contributed by atoms with Crippen molar-refractivity contribution in [3.05, 3.63) is 17.9 Å². The summed E-state index contributed by atoms with van der Waals surface area (Å²) in [6, 6.07) is 0. The van der Waals surface area contributed by atoms with Crippen molar-refractivity contribution in [3.63, 3.8) is 0 Å². The molecule has 0 unspecified atom stereocenters. The van der Waals surface area contributed by atoms with Gasteiger partial charge in [0.25, 0.3) is 0 Å². The molecule has 4 nitrogen and oxygen atoms in total. The molecule has 0 amide bonds. The van der Waals surface area contributed by atoms with Gasteiger partial charge in [-0.1, -0.05) is 26.7 Å². The first-order chi connectivity index (χ1) is 8.20. The number of carbonyl (C=O) groups is 2. The van der Waals surface area contributed by atoms with Crippen LogP contribution >= 0.6 is 0 Å². The lowest BCUT2D eigenvalue weighted by molar-refractivity contribution is -0.138. The standard InChI is InChI=1S/C13H20O4/c1-3-5-10-16-12(14)8-7-9-13(15)17-11-6-4-2/h8-9H,3-6,10-11H2,1-2H3. The SMILES string of the molecule is CCCCOC(=O)C=C=CC(=O)OCCCC. The van der Waals surface area contributed by atoms with Gasteiger partial charge in [0.2, 0.25) is 0 Å². The molecule has 0 aliphatic rings. The lowest BCUT2D eigenvalue weighted by atomic mass is 10.4. The van der Waals surface area contributed by atoms with Crippen molar-refractivity contribution in [2.24, 2.45) is 0 Å². The molecule has 0 aliphatic heterocycles. The van der Waals surface area contributed by atoms with Crippen LogP contribution in [0.1, 0.15) is 39.5 Å². The van der Waals surface area contributed by atoms with Gasteiger partial charge >= 0.3 is 11.9 Å². The number of esters is 2. The molecule has 0 saturated heterocycles. The molecule has 0 N–H and O–H groups in total. The summed E-state index contributed by atoms with van der Waals surface area (Å²) in [5.41, 5.74) is 2.44. The van der Waals surface area contributed by atoms with Crippen molar-refractivity contribution in [3.8, 4) is 0 Å². The minimum atomic E-state index is -0.490. The van der Waals surface area contributed by atoms with Crippen molar-refractivity contribution < 1.29 is 19.1 Å². The first-order valence-electron chi connectivity index (χ1n) is 5.96. The lowest BCUT2D eigenvalue weighted by Gasteiger charge is -1.98. The molecule has 0 aliphatic carbocycles. The highest BCUT2D eigenvalue weighted by molar-refractivity contribution is 5.85. The van der Waals surface area contributed by atoms with Crippen molar-refractivity contribution >= 4 is 11.9 Å². The quantitative estimate of drug-likeness (QED) is 0.283. The number of hydrogen-bond acceptors (Lipinski definition) is 4. The van der Waals surface area contributed by atoms with Crippen LogP contribution in [0.15, 0.2) is 17.9 Å². The van der Waals surface area contributed by atoms with Crippen LogP contribution in [0, 0.1) is 0 Å². The van der Waals surface area contributed by atoms with E-state index in [4.69, 9.17) is 9.47 Å². The van der Waals surface area contributed by atoms with Gasteiger partial charge in [-0.05, 0) is 12.8 Å². The van der Waals surface area contributed by atoms with Gasteiger partial charge < -0.3 is 9.47 Å². The van der Waals surface area contributed by atoms with Gasteiger partial charge in [-0.3, -0.25) is 0 Å². The molecule has 96 valence electrons. The maximum absolute atomic E-state index is 11.0. The maximum Gasteiger partial charge on any atom is 0.338 e. The van der Waals surface area contributed by atoms with Gasteiger partial charge in [0.15, 0.2) is 0 Å². The van der Waals surface area contributed by atoms with Crippen LogP contribution < -0.4 is 0 Å². The van der Waals surface area contributed by atoms with E-state index in [0.717, 1.165) is 37.8 Å². The van der Waals surface area contributed by atoms with E-state index in [1.165, 1.54) is 0 Å². The number of ether oxygens (including phenoxy) is 2. The summed E-state index contributed by atoms with van der Waals surface area (Å²) in [7, 11) is 0. The average Bonchev–Trinajstić information content (AvgIpc) is 2.30. The summed E-state index contributed by atoms with van der Waals surface area (Å²) in [5, 5.41) is 0. The Morgan fingerprint density at radius 1 is 0.941 bits per heavy atom. The van der Waals surface area contributed by atoms with Crippen molar-refractivity contribution in [2.75, 3.05) is 13.2 Å². The highest BCUT2D eigenvalue weighted by Gasteiger charge is 1.96. The molecule has 0 rings (SSSR count). The summed E-state index contributed by atoms with van der Waals surface area (Å²) in [4.78, 5) is 22.1. The molecule has 4 heteroatoms. The second-order valence-electron chi connectivity index (χ2n) is 3.50. The fourth-order valence-electron chi connectivity index (χ4n) is 0.895. The average molecular weight is 240 g/mol. The smallest absolute Gasteiger partial charge is 0.338 e. The molecule has 0 aromatic rings. The molecule has 0 saturated carbocycles. The van der Waals surface area contributed by atoms with E-state index in [1.54, 1.807) is 0 Å². The lowest BCUT2D eigenvalue weighted by Crippen LogP contribution is -2.02. The first kappa shape index (κ1) is 15.5. The van der Waals surface area contributed by atoms with Gasteiger partial charge in [-0.15, -0.1) is 5.73 Å². The molecule has 0 bridgehead atoms. The Labute approximate surface area is 102 Å². The van der Waals surface area contributed by atoms with Crippen molar-refractivity contribution in [1.82, 2.24) is 0 Å². The molecule has 0 spiro atoms. The van der Waals surface area contributed by atoms with Crippen molar-refractivity contribution in [2.45, 2.75) is 39.5 Å². The molecular weight excluding hydrogens is 220 g/mol. The molecule has 0 aromatic carbocycles. The number of rotatable bonds is 8. The molecule has 17 heavy (non-hydrogen) atoms. The van der Waals surface area contributed by atoms with Crippen LogP contribution in [0.5, 0.6) is 0 Å². The highest BCUT2D eigenvalue weighted by atomic mass is 16.5. The zero-order chi connectivity index (χ0) is 12.9. The molecule has 0 atom stereocenters. The van der Waals surface area contributed by atoms with Crippen LogP contribution in [-0.2, 0) is 19.1 Å². The molecule has 0 aromatic heterocycles. The van der Waals surface area contributed by atoms with Gasteiger partial charge in [-0.25, -0.2) is 9.59 Å². The second-order valence-corrected chi connectivity index (χ2v) is 3.50. The van der Waals surface area contributed by atoms with Crippen LogP contribution in [0.4, 0.5) is 0 Å². The van der Waals surface area contributed by atoms with E-state index in [2.05, 4.69) is 5.73 Å². The van der Waals surface area contributed by atoms with Gasteiger partial charge in [0, 0.05) is 0 Å². The fourth-order valence-corrected chi connectivity index (χ4v) is 0.895. The normalized spacial score (nSPS) is 9.06. The number of unbranched alkanes of at least 4 members (excludes halogenated alkanes) is 2. The van der Waals surface area contributed by atoms with Crippen LogP contribution in [0.3, 0.4) is 0 Å². The summed E-state index contributed by atoms with van der Waals surface area (Å²) >= 11 is 0. The Hall–Kier alpha value is -1.54. The third-order valence-electron chi connectivity index (χ3n) is 1.89. The third-order valence-corrected chi connectivity index (χ3v) is 1.89. The summed E-state index contributed by atoms with van der Waals surface area (Å²) in [6.45, 7) is 4.81. The monoisotopic (exact) mass is 240 g/mol. The molecule has 0 radical (unpaired) electrons. The van der Waals surface area contributed by atoms with Crippen LogP contribution in [-0.4, -0.2) is 25.2 Å². The number of hydrogen-bond donors (Lipinski definition) is 0. The predicted octanol–water partition coefficient (Wildman–Crippen LogP) is 2.38. The van der Waals surface area contributed by atoms with E-state index >= 15 is 0 Å². The minimum Gasteiger partial charge on any atom is -0.462 e. The van der Waals surface area contributed by atoms with Gasteiger partial charge in [-0.2, -0.15) is 0 Å². The zero-order valence-electron chi connectivity index (χ0n) is 10.5. The Morgan fingerprint density at radius 3 is 1.71 bits per heavy atom. The van der Waals surface area contributed by atoms with Crippen LogP contribution in [0.2, 0.25) is 0 Å². The summed E-state index contributed by atoms with van der Waals surface area (Å²) < 4.78 is 9.67. The largest absolute Gasteiger partial charge is 0.462 e. The Kier molecular flexibility index (Phi) is 9.97. The van der Waals surface area contributed by atoms with Crippen molar-refractivity contribution in [1.29, 1.82) is 0 Å². The first-order valence-corrected chi connectivity index (χ1v) is 5.96. The summed E-state index contributed by atoms with van der Waals surface area (Å²) in [5.74, 6) is -0.980. The Bertz CT molecular complexity index is 262. The van der Waals surface area contributed by atoms with E-state index in [0.29, 0.717) is 13.2 Å². The zero-order valence-corrected chi connectivity index (χ0v) is 10.5. The number of carbonyl (C=O) groups excluding carboxylic acids is 2. The Morgan fingerprint density at radius 2 is 1.35 bits per heavy atom. The van der Waals surface area contributed by atoms with E-state index in [-0.39, 0.29) is 0 Å². The maximum atomic E-state index is 11.0. The molecule has 0 fully saturated rings. The molecular formula is C13H20O4. The van der Waals surface area contributed by atoms with E-state index in [9.17, 15) is 9.59 Å². The fraction of sp³-hybridized carbons (Fsp3) is 0.615. The second kappa shape index (κ2) is 11.0. The van der Waals surface area contributed by atoms with Gasteiger partial charge in [0.05, 0.1) is 25.4 Å². The van der Waals surface area contributed by atoms with Crippen LogP contribution in [0.25, 0.3) is 0 Å². The topological polar surface area (TPSA) is 52.6 Å². The predicted molar refractivity (Wildman–Crippen MR) is 64.4 cm³/mol. The van der Waals surface area contributed by atoms with E-state index in [1.807, 2.05) is 13.8 Å². The summed E-state index contributed by atoms with van der Waals surface area (Å²) in [6.07, 6.45) is 5.80. The van der Waals surface area contributed by atoms with Gasteiger partial charge in [0.1, 0.15) is 0 Å². The minimum absolute atomic E-state index is 0.397. The molecule has 0 heterocycles.